The number of morpholine rings is 1. The van der Waals surface area contributed by atoms with E-state index in [4.69, 9.17) is 14.2 Å². The fourth-order valence-corrected chi connectivity index (χ4v) is 5.15. The summed E-state index contributed by atoms with van der Waals surface area (Å²) in [6, 6.07) is 14.7. The molecule has 0 bridgehead atoms. The quantitative estimate of drug-likeness (QED) is 0.252. The second-order valence-corrected chi connectivity index (χ2v) is 10.8. The number of likely N-dealkylation sites (N-methyl/N-ethyl adjacent to an activating group) is 1. The van der Waals surface area contributed by atoms with E-state index in [9.17, 15) is 4.79 Å². The predicted molar refractivity (Wildman–Crippen MR) is 167 cm³/mol. The van der Waals surface area contributed by atoms with Crippen molar-refractivity contribution < 1.29 is 19.0 Å². The van der Waals surface area contributed by atoms with Gasteiger partial charge in [-0.3, -0.25) is 4.79 Å². The average molecular weight is 560 g/mol. The van der Waals surface area contributed by atoms with Crippen molar-refractivity contribution in [3.8, 4) is 16.9 Å². The van der Waals surface area contributed by atoms with Gasteiger partial charge in [0.2, 0.25) is 0 Å². The van der Waals surface area contributed by atoms with Crippen molar-refractivity contribution in [3.63, 3.8) is 0 Å². The standard InChI is InChI=1S/C34H45N3O4/c1-5-7-18-39-20-21-41-31-12-9-27(10-13-31)28-11-14-33-30(22-28)23-29(34(38)35-26(3)8-6-2)15-16-37(33)25-32-24-36(4)17-19-40-32/h6,8-14,22-23,32H,2,5,7,15-21,24-25H2,1,3-4H3,(H,35,38)/b26-8+/t32-/m0/s1. The van der Waals surface area contributed by atoms with Gasteiger partial charge in [0.05, 0.1) is 19.3 Å². The summed E-state index contributed by atoms with van der Waals surface area (Å²) >= 11 is 0. The lowest BCUT2D eigenvalue weighted by molar-refractivity contribution is -0.116. The topological polar surface area (TPSA) is 63.3 Å². The van der Waals surface area contributed by atoms with E-state index < -0.39 is 0 Å². The predicted octanol–water partition coefficient (Wildman–Crippen LogP) is 5.68. The number of nitrogens with zero attached hydrogens (tertiary/aromatic N) is 2. The number of hydrogen-bond acceptors (Lipinski definition) is 6. The molecular formula is C34H45N3O4. The summed E-state index contributed by atoms with van der Waals surface area (Å²) in [7, 11) is 2.14. The smallest absolute Gasteiger partial charge is 0.251 e. The number of fused-ring (bicyclic) bond motifs is 1. The Kier molecular flexibility index (Phi) is 11.6. The fourth-order valence-electron chi connectivity index (χ4n) is 5.15. The third-order valence-electron chi connectivity index (χ3n) is 7.41. The Bertz CT molecular complexity index is 1220. The summed E-state index contributed by atoms with van der Waals surface area (Å²) in [6.45, 7) is 13.8. The number of ether oxygens (including phenoxy) is 3. The molecule has 2 aromatic rings. The van der Waals surface area contributed by atoms with E-state index in [1.807, 2.05) is 25.1 Å². The Hall–Kier alpha value is -3.39. The molecule has 4 rings (SSSR count). The summed E-state index contributed by atoms with van der Waals surface area (Å²) < 4.78 is 17.5. The number of benzene rings is 2. The van der Waals surface area contributed by atoms with Crippen molar-refractivity contribution in [2.45, 2.75) is 39.2 Å². The molecule has 0 unspecified atom stereocenters. The van der Waals surface area contributed by atoms with Crippen LogP contribution in [0.4, 0.5) is 5.69 Å². The molecule has 1 saturated heterocycles. The van der Waals surface area contributed by atoms with Crippen LogP contribution < -0.4 is 15.0 Å². The van der Waals surface area contributed by atoms with Gasteiger partial charge in [0.25, 0.3) is 5.91 Å². The molecule has 220 valence electrons. The lowest BCUT2D eigenvalue weighted by Crippen LogP contribution is -2.46. The molecule has 0 aromatic heterocycles. The van der Waals surface area contributed by atoms with Gasteiger partial charge in [0.15, 0.2) is 0 Å². The summed E-state index contributed by atoms with van der Waals surface area (Å²) in [5, 5.41) is 3.00. The molecule has 1 fully saturated rings. The Balaban J connectivity index is 1.53. The molecule has 41 heavy (non-hydrogen) atoms. The van der Waals surface area contributed by atoms with Crippen LogP contribution in [0.3, 0.4) is 0 Å². The first kappa shape index (κ1) is 30.6. The van der Waals surface area contributed by atoms with Crippen LogP contribution in [0.15, 0.2) is 72.5 Å². The van der Waals surface area contributed by atoms with Gasteiger partial charge in [-0.2, -0.15) is 0 Å². The average Bonchev–Trinajstić information content (AvgIpc) is 3.14. The number of hydrogen-bond donors (Lipinski definition) is 1. The van der Waals surface area contributed by atoms with Gasteiger partial charge in [-0.25, -0.2) is 0 Å². The molecule has 1 atom stereocenters. The largest absolute Gasteiger partial charge is 0.491 e. The zero-order valence-electron chi connectivity index (χ0n) is 24.9. The highest BCUT2D eigenvalue weighted by molar-refractivity contribution is 6.00. The van der Waals surface area contributed by atoms with Crippen molar-refractivity contribution in [1.82, 2.24) is 10.2 Å². The Morgan fingerprint density at radius 2 is 1.93 bits per heavy atom. The van der Waals surface area contributed by atoms with Gasteiger partial charge in [-0.1, -0.05) is 44.2 Å². The number of carbonyl (C=O) groups excluding carboxylic acids is 1. The van der Waals surface area contributed by atoms with Crippen LogP contribution in [0.1, 0.15) is 38.7 Å². The fraction of sp³-hybridized carbons (Fsp3) is 0.441. The van der Waals surface area contributed by atoms with Gasteiger partial charge >= 0.3 is 0 Å². The minimum Gasteiger partial charge on any atom is -0.491 e. The number of unbranched alkanes of at least 4 members (excludes halogenated alkanes) is 1. The van der Waals surface area contributed by atoms with Gasteiger partial charge in [0, 0.05) is 49.7 Å². The van der Waals surface area contributed by atoms with Gasteiger partial charge in [0.1, 0.15) is 12.4 Å². The monoisotopic (exact) mass is 559 g/mol. The van der Waals surface area contributed by atoms with Crippen molar-refractivity contribution in [1.29, 1.82) is 0 Å². The van der Waals surface area contributed by atoms with Crippen molar-refractivity contribution in [2.24, 2.45) is 0 Å². The Labute approximate surface area is 245 Å². The normalized spacial score (nSPS) is 17.8. The molecule has 1 N–H and O–H groups in total. The highest BCUT2D eigenvalue weighted by atomic mass is 16.5. The number of anilines is 1. The lowest BCUT2D eigenvalue weighted by Gasteiger charge is -2.35. The van der Waals surface area contributed by atoms with Crippen LogP contribution in [0, 0.1) is 0 Å². The van der Waals surface area contributed by atoms with E-state index in [1.54, 1.807) is 12.2 Å². The van der Waals surface area contributed by atoms with Crippen molar-refractivity contribution in [2.75, 3.05) is 64.6 Å². The number of amides is 1. The molecular weight excluding hydrogens is 514 g/mol. The zero-order valence-corrected chi connectivity index (χ0v) is 24.9. The first-order valence-corrected chi connectivity index (χ1v) is 14.8. The van der Waals surface area contributed by atoms with Crippen LogP contribution in [-0.4, -0.2) is 76.6 Å². The highest BCUT2D eigenvalue weighted by Crippen LogP contribution is 2.33. The van der Waals surface area contributed by atoms with Crippen LogP contribution in [0.25, 0.3) is 17.2 Å². The van der Waals surface area contributed by atoms with Crippen LogP contribution in [0.2, 0.25) is 0 Å². The summed E-state index contributed by atoms with van der Waals surface area (Å²) in [4.78, 5) is 17.9. The number of rotatable bonds is 13. The van der Waals surface area contributed by atoms with E-state index in [0.717, 1.165) is 91.6 Å². The zero-order chi connectivity index (χ0) is 29.0. The maximum absolute atomic E-state index is 13.2. The molecule has 1 amide bonds. The molecule has 2 aliphatic heterocycles. The van der Waals surface area contributed by atoms with E-state index in [-0.39, 0.29) is 12.0 Å². The summed E-state index contributed by atoms with van der Waals surface area (Å²) in [6.07, 6.45) is 8.50. The molecule has 0 saturated carbocycles. The first-order valence-electron chi connectivity index (χ1n) is 14.8. The first-order chi connectivity index (χ1) is 20.0. The third kappa shape index (κ3) is 9.05. The van der Waals surface area contributed by atoms with Gasteiger partial charge in [-0.15, -0.1) is 0 Å². The van der Waals surface area contributed by atoms with E-state index in [1.165, 1.54) is 0 Å². The van der Waals surface area contributed by atoms with Crippen molar-refractivity contribution >= 4 is 17.7 Å². The van der Waals surface area contributed by atoms with E-state index in [2.05, 4.69) is 66.0 Å². The lowest BCUT2D eigenvalue weighted by atomic mass is 10.00. The molecule has 2 heterocycles. The Morgan fingerprint density at radius 3 is 2.68 bits per heavy atom. The van der Waals surface area contributed by atoms with Crippen LogP contribution in [-0.2, 0) is 14.3 Å². The van der Waals surface area contributed by atoms with Crippen LogP contribution in [0.5, 0.6) is 5.75 Å². The summed E-state index contributed by atoms with van der Waals surface area (Å²) in [5.74, 6) is 0.751. The third-order valence-corrected chi connectivity index (χ3v) is 7.41. The molecule has 0 spiro atoms. The van der Waals surface area contributed by atoms with E-state index in [0.29, 0.717) is 19.6 Å². The molecule has 2 aliphatic rings. The maximum Gasteiger partial charge on any atom is 0.251 e. The number of nitrogens with one attached hydrogen (secondary N) is 1. The SMILES string of the molecule is C=C/C=C(\C)NC(=O)C1=Cc2cc(-c3ccc(OCCOCCCC)cc3)ccc2N(C[C@@H]2CN(C)CCO2)CC1. The molecule has 0 aliphatic carbocycles. The van der Waals surface area contributed by atoms with E-state index >= 15 is 0 Å². The van der Waals surface area contributed by atoms with Crippen molar-refractivity contribution in [3.05, 3.63) is 78.0 Å². The highest BCUT2D eigenvalue weighted by Gasteiger charge is 2.25. The molecule has 7 heteroatoms. The summed E-state index contributed by atoms with van der Waals surface area (Å²) in [5.41, 5.74) is 5.87. The molecule has 0 radical (unpaired) electrons. The minimum absolute atomic E-state index is 0.0763. The molecule has 7 nitrogen and oxygen atoms in total. The molecule has 2 aromatic carbocycles. The maximum atomic E-state index is 13.2. The van der Waals surface area contributed by atoms with Gasteiger partial charge < -0.3 is 29.3 Å². The number of carbonyl (C=O) groups is 1. The Morgan fingerprint density at radius 1 is 1.12 bits per heavy atom. The van der Waals surface area contributed by atoms with Gasteiger partial charge in [-0.05, 0) is 79.9 Å². The second kappa shape index (κ2) is 15.6. The number of allylic oxidation sites excluding steroid dienone is 3. The second-order valence-electron chi connectivity index (χ2n) is 10.8. The van der Waals surface area contributed by atoms with Crippen LogP contribution >= 0.6 is 0 Å². The minimum atomic E-state index is -0.0763.